The molecule has 0 saturated carbocycles. The molecule has 0 aliphatic carbocycles. The van der Waals surface area contributed by atoms with Crippen LogP contribution in [-0.4, -0.2) is 48.7 Å². The molecule has 0 bridgehead atoms. The molecule has 1 N–H and O–H groups in total. The van der Waals surface area contributed by atoms with Crippen molar-refractivity contribution in [3.63, 3.8) is 0 Å². The molecule has 5 nitrogen and oxygen atoms in total. The molecule has 3 atom stereocenters. The molecule has 3 rings (SSSR count). The van der Waals surface area contributed by atoms with E-state index >= 15 is 0 Å². The normalized spacial score (nSPS) is 21.4. The summed E-state index contributed by atoms with van der Waals surface area (Å²) in [6.45, 7) is 8.72. The van der Waals surface area contributed by atoms with Gasteiger partial charge in [-0.3, -0.25) is 9.69 Å². The number of hydrogen-bond donors (Lipinski definition) is 1. The van der Waals surface area contributed by atoms with Gasteiger partial charge in [-0.05, 0) is 57.2 Å². The van der Waals surface area contributed by atoms with Gasteiger partial charge in [0.05, 0.1) is 12.2 Å². The molecule has 0 aromatic heterocycles. The van der Waals surface area contributed by atoms with Crippen LogP contribution in [0.25, 0.3) is 0 Å². The van der Waals surface area contributed by atoms with Gasteiger partial charge in [0.15, 0.2) is 0 Å². The Kier molecular flexibility index (Phi) is 6.48. The average molecular weight is 368 g/mol. The number of ether oxygens (including phenoxy) is 2. The number of carbonyl (C=O) groups excluding carboxylic acids is 1. The summed E-state index contributed by atoms with van der Waals surface area (Å²) < 4.78 is 11.5. The van der Waals surface area contributed by atoms with Gasteiger partial charge in [0, 0.05) is 31.2 Å². The van der Waals surface area contributed by atoms with Crippen LogP contribution in [0.15, 0.2) is 54.6 Å². The quantitative estimate of drug-likeness (QED) is 0.845. The molecule has 2 aromatic carbocycles. The number of nitrogens with zero attached hydrogens (tertiary/aromatic N) is 1. The zero-order chi connectivity index (χ0) is 19.2. The van der Waals surface area contributed by atoms with E-state index in [2.05, 4.69) is 31.0 Å². The van der Waals surface area contributed by atoms with Gasteiger partial charge in [-0.25, -0.2) is 0 Å². The second-order valence-electron chi connectivity index (χ2n) is 7.21. The molecule has 3 unspecified atom stereocenters. The third-order valence-corrected chi connectivity index (χ3v) is 4.72. The molecule has 1 heterocycles. The van der Waals surface area contributed by atoms with Crippen molar-refractivity contribution in [1.29, 1.82) is 0 Å². The zero-order valence-corrected chi connectivity index (χ0v) is 16.2. The summed E-state index contributed by atoms with van der Waals surface area (Å²) in [5, 5.41) is 3.03. The van der Waals surface area contributed by atoms with Crippen LogP contribution in [-0.2, 0) is 4.74 Å². The van der Waals surface area contributed by atoms with E-state index in [9.17, 15) is 4.79 Å². The molecule has 0 spiro atoms. The summed E-state index contributed by atoms with van der Waals surface area (Å²) >= 11 is 0. The maximum absolute atomic E-state index is 12.4. The molecule has 1 aliphatic heterocycles. The van der Waals surface area contributed by atoms with E-state index < -0.39 is 0 Å². The van der Waals surface area contributed by atoms with E-state index in [1.54, 1.807) is 12.1 Å². The Hall–Kier alpha value is -2.37. The Bertz CT molecular complexity index is 723. The van der Waals surface area contributed by atoms with Crippen LogP contribution in [0.5, 0.6) is 11.5 Å². The minimum Gasteiger partial charge on any atom is -0.457 e. The fraction of sp³-hybridized carbons (Fsp3) is 0.409. The van der Waals surface area contributed by atoms with Crippen molar-refractivity contribution in [2.45, 2.75) is 39.0 Å². The molecule has 0 radical (unpaired) electrons. The van der Waals surface area contributed by atoms with Gasteiger partial charge in [-0.1, -0.05) is 18.2 Å². The van der Waals surface area contributed by atoms with Crippen LogP contribution in [0, 0.1) is 0 Å². The number of amides is 1. The lowest BCUT2D eigenvalue weighted by Crippen LogP contribution is -2.52. The highest BCUT2D eigenvalue weighted by atomic mass is 16.5. The maximum Gasteiger partial charge on any atom is 0.251 e. The first-order valence-electron chi connectivity index (χ1n) is 9.52. The number of carbonyl (C=O) groups is 1. The van der Waals surface area contributed by atoms with Crippen molar-refractivity contribution in [2.75, 3.05) is 19.6 Å². The summed E-state index contributed by atoms with van der Waals surface area (Å²) in [6.07, 6.45) is 0.452. The average Bonchev–Trinajstić information content (AvgIpc) is 2.66. The molecule has 1 fully saturated rings. The third kappa shape index (κ3) is 5.55. The van der Waals surface area contributed by atoms with Gasteiger partial charge >= 0.3 is 0 Å². The first-order chi connectivity index (χ1) is 13.0. The van der Waals surface area contributed by atoms with Crippen molar-refractivity contribution in [3.05, 3.63) is 60.2 Å². The third-order valence-electron chi connectivity index (χ3n) is 4.72. The van der Waals surface area contributed by atoms with Gasteiger partial charge < -0.3 is 14.8 Å². The Labute approximate surface area is 161 Å². The molecule has 27 heavy (non-hydrogen) atoms. The zero-order valence-electron chi connectivity index (χ0n) is 16.2. The Balaban J connectivity index is 1.50. The van der Waals surface area contributed by atoms with Crippen LogP contribution in [0.3, 0.4) is 0 Å². The topological polar surface area (TPSA) is 50.8 Å². The smallest absolute Gasteiger partial charge is 0.251 e. The van der Waals surface area contributed by atoms with Crippen LogP contribution < -0.4 is 10.1 Å². The van der Waals surface area contributed by atoms with Crippen molar-refractivity contribution >= 4 is 5.91 Å². The first kappa shape index (κ1) is 19.4. The lowest BCUT2D eigenvalue weighted by molar-refractivity contribution is -0.0778. The Morgan fingerprint density at radius 2 is 1.67 bits per heavy atom. The molecule has 1 aliphatic rings. The summed E-state index contributed by atoms with van der Waals surface area (Å²) in [5.74, 6) is 1.42. The largest absolute Gasteiger partial charge is 0.457 e. The van der Waals surface area contributed by atoms with Gasteiger partial charge in [-0.15, -0.1) is 0 Å². The summed E-state index contributed by atoms with van der Waals surface area (Å²) in [7, 11) is 0. The number of rotatable bonds is 6. The first-order valence-corrected chi connectivity index (χ1v) is 9.52. The number of hydrogen-bond acceptors (Lipinski definition) is 4. The highest BCUT2D eigenvalue weighted by Crippen LogP contribution is 2.21. The molecular weight excluding hydrogens is 340 g/mol. The fourth-order valence-electron chi connectivity index (χ4n) is 3.35. The van der Waals surface area contributed by atoms with Crippen LogP contribution >= 0.6 is 0 Å². The second kappa shape index (κ2) is 9.02. The summed E-state index contributed by atoms with van der Waals surface area (Å²) in [6, 6.07) is 17.1. The van der Waals surface area contributed by atoms with E-state index in [0.717, 1.165) is 18.8 Å². The predicted molar refractivity (Wildman–Crippen MR) is 106 cm³/mol. The minimum atomic E-state index is -0.0672. The van der Waals surface area contributed by atoms with Gasteiger partial charge in [0.1, 0.15) is 11.5 Å². The lowest BCUT2D eigenvalue weighted by Gasteiger charge is -2.39. The molecule has 144 valence electrons. The van der Waals surface area contributed by atoms with Crippen LogP contribution in [0.4, 0.5) is 0 Å². The van der Waals surface area contributed by atoms with Crippen molar-refractivity contribution in [2.24, 2.45) is 0 Å². The van der Waals surface area contributed by atoms with E-state index in [0.29, 0.717) is 17.9 Å². The van der Waals surface area contributed by atoms with Crippen molar-refractivity contribution in [1.82, 2.24) is 10.2 Å². The lowest BCUT2D eigenvalue weighted by atomic mass is 10.1. The fourth-order valence-corrected chi connectivity index (χ4v) is 3.35. The second-order valence-corrected chi connectivity index (χ2v) is 7.21. The highest BCUT2D eigenvalue weighted by Gasteiger charge is 2.25. The summed E-state index contributed by atoms with van der Waals surface area (Å²) in [5.41, 5.74) is 0.631. The molecule has 1 saturated heterocycles. The molecule has 2 aromatic rings. The van der Waals surface area contributed by atoms with Gasteiger partial charge in [0.25, 0.3) is 5.91 Å². The van der Waals surface area contributed by atoms with E-state index in [-0.39, 0.29) is 24.2 Å². The molecular formula is C22H28N2O3. The van der Waals surface area contributed by atoms with E-state index in [1.807, 2.05) is 42.5 Å². The highest BCUT2D eigenvalue weighted by molar-refractivity contribution is 5.94. The SMILES string of the molecule is CC1CN(C(C)CNC(=O)c2ccc(Oc3ccccc3)cc2)CC(C)O1. The van der Waals surface area contributed by atoms with E-state index in [1.165, 1.54) is 0 Å². The number of morpholine rings is 1. The van der Waals surface area contributed by atoms with Crippen LogP contribution in [0.2, 0.25) is 0 Å². The minimum absolute atomic E-state index is 0.0672. The van der Waals surface area contributed by atoms with Gasteiger partial charge in [-0.2, -0.15) is 0 Å². The number of nitrogens with one attached hydrogen (secondary N) is 1. The van der Waals surface area contributed by atoms with Crippen LogP contribution in [0.1, 0.15) is 31.1 Å². The number of benzene rings is 2. The monoisotopic (exact) mass is 368 g/mol. The van der Waals surface area contributed by atoms with Gasteiger partial charge in [0.2, 0.25) is 0 Å². The summed E-state index contributed by atoms with van der Waals surface area (Å²) in [4.78, 5) is 14.8. The molecule has 5 heteroatoms. The van der Waals surface area contributed by atoms with Crippen molar-refractivity contribution in [3.8, 4) is 11.5 Å². The number of para-hydroxylation sites is 1. The Morgan fingerprint density at radius 1 is 1.07 bits per heavy atom. The van der Waals surface area contributed by atoms with E-state index in [4.69, 9.17) is 9.47 Å². The maximum atomic E-state index is 12.4. The Morgan fingerprint density at radius 3 is 2.30 bits per heavy atom. The predicted octanol–water partition coefficient (Wildman–Crippen LogP) is 3.71. The van der Waals surface area contributed by atoms with Crippen molar-refractivity contribution < 1.29 is 14.3 Å². The molecule has 1 amide bonds. The standard InChI is InChI=1S/C22H28N2O3/c1-16(24-14-17(2)26-18(3)15-24)13-23-22(25)19-9-11-21(12-10-19)27-20-7-5-4-6-8-20/h4-12,16-18H,13-15H2,1-3H3,(H,23,25).